The molecule has 1 fully saturated rings. The molecule has 3 aromatic rings. The van der Waals surface area contributed by atoms with Gasteiger partial charge in [-0.3, -0.25) is 14.5 Å². The molecule has 1 aliphatic rings. The van der Waals surface area contributed by atoms with E-state index in [9.17, 15) is 19.1 Å². The molecule has 0 bridgehead atoms. The number of aliphatic hydroxyl groups excluding tert-OH is 1. The molecule has 0 aliphatic carbocycles. The van der Waals surface area contributed by atoms with Crippen LogP contribution in [0.3, 0.4) is 0 Å². The molecule has 0 radical (unpaired) electrons. The second kappa shape index (κ2) is 9.49. The predicted molar refractivity (Wildman–Crippen MR) is 136 cm³/mol. The quantitative estimate of drug-likeness (QED) is 0.280. The van der Waals surface area contributed by atoms with E-state index in [0.29, 0.717) is 28.3 Å². The lowest BCUT2D eigenvalue weighted by molar-refractivity contribution is -0.132. The first-order valence-corrected chi connectivity index (χ1v) is 11.5. The highest BCUT2D eigenvalue weighted by molar-refractivity contribution is 6.51. The fraction of sp³-hybridized carbons (Fsp3) is 0.241. The molecule has 0 spiro atoms. The van der Waals surface area contributed by atoms with E-state index in [1.165, 1.54) is 43.4 Å². The number of carbonyl (C=O) groups is 2. The van der Waals surface area contributed by atoms with Crippen molar-refractivity contribution in [3.63, 3.8) is 0 Å². The van der Waals surface area contributed by atoms with Gasteiger partial charge in [-0.05, 0) is 53.4 Å². The zero-order valence-electron chi connectivity index (χ0n) is 20.8. The average Bonchev–Trinajstić information content (AvgIpc) is 3.13. The van der Waals surface area contributed by atoms with Crippen LogP contribution in [0.2, 0.25) is 0 Å². The highest BCUT2D eigenvalue weighted by atomic mass is 19.1. The number of halogens is 1. The van der Waals surface area contributed by atoms with Gasteiger partial charge in [0.05, 0.1) is 31.4 Å². The Kier molecular flexibility index (Phi) is 6.59. The van der Waals surface area contributed by atoms with Crippen molar-refractivity contribution in [3.8, 4) is 11.5 Å². The van der Waals surface area contributed by atoms with Crippen molar-refractivity contribution in [1.29, 1.82) is 0 Å². The summed E-state index contributed by atoms with van der Waals surface area (Å²) in [4.78, 5) is 28.1. The number of amides is 1. The lowest BCUT2D eigenvalue weighted by Gasteiger charge is -2.27. The van der Waals surface area contributed by atoms with E-state index >= 15 is 0 Å². The summed E-state index contributed by atoms with van der Waals surface area (Å²) < 4.78 is 24.7. The molecule has 1 N–H and O–H groups in total. The Hall–Kier alpha value is -4.13. The zero-order chi connectivity index (χ0) is 26.2. The van der Waals surface area contributed by atoms with Crippen molar-refractivity contribution < 1.29 is 28.6 Å². The smallest absolute Gasteiger partial charge is 0.300 e. The first kappa shape index (κ1) is 25.0. The average molecular weight is 490 g/mol. The van der Waals surface area contributed by atoms with Crippen LogP contribution in [0.15, 0.2) is 72.3 Å². The predicted octanol–water partition coefficient (Wildman–Crippen LogP) is 5.77. The van der Waals surface area contributed by atoms with Crippen LogP contribution in [0.1, 0.15) is 43.5 Å². The molecule has 1 amide bonds. The summed E-state index contributed by atoms with van der Waals surface area (Å²) in [5, 5.41) is 11.6. The van der Waals surface area contributed by atoms with Crippen molar-refractivity contribution >= 4 is 23.1 Å². The molecule has 186 valence electrons. The van der Waals surface area contributed by atoms with Crippen LogP contribution < -0.4 is 14.4 Å². The van der Waals surface area contributed by atoms with Crippen molar-refractivity contribution in [2.24, 2.45) is 0 Å². The van der Waals surface area contributed by atoms with Gasteiger partial charge in [0.1, 0.15) is 23.1 Å². The van der Waals surface area contributed by atoms with Crippen LogP contribution in [0.25, 0.3) is 5.76 Å². The molecule has 1 atom stereocenters. The molecule has 1 heterocycles. The summed E-state index contributed by atoms with van der Waals surface area (Å²) in [5.41, 5.74) is 1.65. The molecule has 0 aromatic heterocycles. The van der Waals surface area contributed by atoms with Crippen molar-refractivity contribution in [2.45, 2.75) is 32.2 Å². The number of methoxy groups -OCH3 is 2. The van der Waals surface area contributed by atoms with E-state index in [1.807, 2.05) is 26.8 Å². The summed E-state index contributed by atoms with van der Waals surface area (Å²) >= 11 is 0. The number of nitrogens with zero attached hydrogens (tertiary/aromatic N) is 1. The van der Waals surface area contributed by atoms with Gasteiger partial charge in [-0.15, -0.1) is 0 Å². The van der Waals surface area contributed by atoms with Crippen LogP contribution in [0.5, 0.6) is 11.5 Å². The monoisotopic (exact) mass is 489 g/mol. The standard InChI is InChI=1S/C29H28FNO5/c1-29(2,3)17-10-15-23(36-5)21(16-17)26(32)24-25(20-8-6-7-9-22(20)35-4)31(28(34)27(24)33)19-13-11-18(30)12-14-19/h6-16,25,32H,1-5H3/b26-24+. The van der Waals surface area contributed by atoms with Gasteiger partial charge in [0, 0.05) is 11.3 Å². The second-order valence-electron chi connectivity index (χ2n) is 9.55. The van der Waals surface area contributed by atoms with E-state index < -0.39 is 23.5 Å². The Bertz CT molecular complexity index is 1350. The van der Waals surface area contributed by atoms with E-state index in [0.717, 1.165) is 5.56 Å². The second-order valence-corrected chi connectivity index (χ2v) is 9.55. The number of hydrogen-bond donors (Lipinski definition) is 1. The number of ketones is 1. The molecule has 0 saturated carbocycles. The number of aliphatic hydroxyl groups is 1. The van der Waals surface area contributed by atoms with Gasteiger partial charge in [-0.2, -0.15) is 0 Å². The Morgan fingerprint density at radius 1 is 0.917 bits per heavy atom. The topological polar surface area (TPSA) is 76.1 Å². The third-order valence-corrected chi connectivity index (χ3v) is 6.30. The SMILES string of the molecule is COc1ccc(C(C)(C)C)cc1/C(O)=C1\C(=O)C(=O)N(c2ccc(F)cc2)C1c1ccccc1OC. The number of Topliss-reactive ketones (excluding diaryl/α,β-unsaturated/α-hetero) is 1. The number of benzene rings is 3. The lowest BCUT2D eigenvalue weighted by Crippen LogP contribution is -2.29. The highest BCUT2D eigenvalue weighted by Crippen LogP contribution is 2.46. The van der Waals surface area contributed by atoms with Crippen molar-refractivity contribution in [3.05, 3.63) is 94.8 Å². The number of ether oxygens (including phenoxy) is 2. The summed E-state index contributed by atoms with van der Waals surface area (Å²) in [5.74, 6) is -1.77. The normalized spacial score (nSPS) is 17.4. The summed E-state index contributed by atoms with van der Waals surface area (Å²) in [7, 11) is 2.95. The van der Waals surface area contributed by atoms with E-state index in [1.54, 1.807) is 36.4 Å². The maximum atomic E-state index is 13.7. The number of rotatable bonds is 5. The van der Waals surface area contributed by atoms with Gasteiger partial charge in [-0.1, -0.05) is 45.0 Å². The Morgan fingerprint density at radius 3 is 2.17 bits per heavy atom. The molecule has 4 rings (SSSR count). The molecule has 6 nitrogen and oxygen atoms in total. The molecule has 36 heavy (non-hydrogen) atoms. The number of carbonyl (C=O) groups excluding carboxylic acids is 2. The molecular formula is C29H28FNO5. The molecule has 1 saturated heterocycles. The Labute approximate surface area is 209 Å². The maximum absolute atomic E-state index is 13.7. The van der Waals surface area contributed by atoms with Crippen LogP contribution in [0.4, 0.5) is 10.1 Å². The molecule has 1 unspecified atom stereocenters. The van der Waals surface area contributed by atoms with E-state index in [4.69, 9.17) is 9.47 Å². The number of hydrogen-bond acceptors (Lipinski definition) is 5. The molecular weight excluding hydrogens is 461 g/mol. The number of para-hydroxylation sites is 1. The van der Waals surface area contributed by atoms with Gasteiger partial charge in [0.2, 0.25) is 0 Å². The summed E-state index contributed by atoms with van der Waals surface area (Å²) in [6.07, 6.45) is 0. The summed E-state index contributed by atoms with van der Waals surface area (Å²) in [6.45, 7) is 6.09. The van der Waals surface area contributed by atoms with Crippen molar-refractivity contribution in [2.75, 3.05) is 19.1 Å². The Morgan fingerprint density at radius 2 is 1.56 bits per heavy atom. The first-order chi connectivity index (χ1) is 17.1. The van der Waals surface area contributed by atoms with E-state index in [-0.39, 0.29) is 16.7 Å². The van der Waals surface area contributed by atoms with Gasteiger partial charge < -0.3 is 14.6 Å². The first-order valence-electron chi connectivity index (χ1n) is 11.5. The van der Waals surface area contributed by atoms with E-state index in [2.05, 4.69) is 0 Å². The van der Waals surface area contributed by atoms with Gasteiger partial charge in [0.25, 0.3) is 11.7 Å². The fourth-order valence-corrected chi connectivity index (χ4v) is 4.39. The van der Waals surface area contributed by atoms with Gasteiger partial charge in [-0.25, -0.2) is 4.39 Å². The lowest BCUT2D eigenvalue weighted by atomic mass is 9.85. The largest absolute Gasteiger partial charge is 0.507 e. The minimum Gasteiger partial charge on any atom is -0.507 e. The molecule has 3 aromatic carbocycles. The van der Waals surface area contributed by atoms with Crippen LogP contribution in [0, 0.1) is 5.82 Å². The van der Waals surface area contributed by atoms with Gasteiger partial charge >= 0.3 is 0 Å². The molecule has 1 aliphatic heterocycles. The Balaban J connectivity index is 2.03. The van der Waals surface area contributed by atoms with Crippen LogP contribution >= 0.6 is 0 Å². The number of anilines is 1. The van der Waals surface area contributed by atoms with Gasteiger partial charge in [0.15, 0.2) is 0 Å². The maximum Gasteiger partial charge on any atom is 0.300 e. The highest BCUT2D eigenvalue weighted by Gasteiger charge is 2.48. The fourth-order valence-electron chi connectivity index (χ4n) is 4.39. The summed E-state index contributed by atoms with van der Waals surface area (Å²) in [6, 6.07) is 16.6. The third kappa shape index (κ3) is 4.33. The third-order valence-electron chi connectivity index (χ3n) is 6.30. The minimum absolute atomic E-state index is 0.113. The zero-order valence-corrected chi connectivity index (χ0v) is 20.8. The molecule has 7 heteroatoms. The van der Waals surface area contributed by atoms with Crippen LogP contribution in [-0.4, -0.2) is 31.0 Å². The van der Waals surface area contributed by atoms with Crippen molar-refractivity contribution in [1.82, 2.24) is 0 Å². The minimum atomic E-state index is -1.02. The van der Waals surface area contributed by atoms with Crippen LogP contribution in [-0.2, 0) is 15.0 Å².